The summed E-state index contributed by atoms with van der Waals surface area (Å²) in [4.78, 5) is 3.14. The molecule has 3 rings (SSSR count). The summed E-state index contributed by atoms with van der Waals surface area (Å²) in [6, 6.07) is 12.2. The van der Waals surface area contributed by atoms with Gasteiger partial charge in [0.05, 0.1) is 0 Å². The molecule has 0 amide bonds. The molecule has 3 aromatic rings. The second-order valence-electron chi connectivity index (χ2n) is 3.91. The molecule has 2 N–H and O–H groups in total. The first-order chi connectivity index (χ1) is 8.25. The molecule has 0 saturated carbocycles. The molecule has 0 atom stereocenters. The molecule has 84 valence electrons. The maximum Gasteiger partial charge on any atom is 0.165 e. The summed E-state index contributed by atoms with van der Waals surface area (Å²) in [6.45, 7) is 0. The van der Waals surface area contributed by atoms with Gasteiger partial charge in [0.25, 0.3) is 0 Å². The van der Waals surface area contributed by atoms with Gasteiger partial charge in [-0.05, 0) is 23.8 Å². The smallest absolute Gasteiger partial charge is 0.165 e. The van der Waals surface area contributed by atoms with Crippen LogP contribution in [0.25, 0.3) is 22.0 Å². The summed E-state index contributed by atoms with van der Waals surface area (Å²) in [5.41, 5.74) is 2.69. The van der Waals surface area contributed by atoms with Gasteiger partial charge in [-0.2, -0.15) is 0 Å². The predicted molar refractivity (Wildman–Crippen MR) is 65.4 cm³/mol. The van der Waals surface area contributed by atoms with Crippen molar-refractivity contribution in [2.75, 3.05) is 0 Å². The van der Waals surface area contributed by atoms with Gasteiger partial charge in [-0.25, -0.2) is 4.39 Å². The highest BCUT2D eigenvalue weighted by Crippen LogP contribution is 2.30. The van der Waals surface area contributed by atoms with Crippen molar-refractivity contribution in [1.29, 1.82) is 0 Å². The first-order valence-electron chi connectivity index (χ1n) is 5.31. The van der Waals surface area contributed by atoms with Gasteiger partial charge in [-0.3, -0.25) is 0 Å². The van der Waals surface area contributed by atoms with Crippen LogP contribution in [0.1, 0.15) is 0 Å². The van der Waals surface area contributed by atoms with Crippen molar-refractivity contribution in [2.45, 2.75) is 0 Å². The molecule has 17 heavy (non-hydrogen) atoms. The molecule has 0 aliphatic carbocycles. The highest BCUT2D eigenvalue weighted by molar-refractivity contribution is 5.95. The van der Waals surface area contributed by atoms with E-state index in [9.17, 15) is 9.50 Å². The Morgan fingerprint density at radius 3 is 2.71 bits per heavy atom. The molecule has 0 saturated heterocycles. The SMILES string of the molecule is Oc1ccc(-c2c[nH]c3ccccc23)cc1F. The van der Waals surface area contributed by atoms with E-state index in [1.165, 1.54) is 12.1 Å². The molecule has 0 aliphatic heterocycles. The lowest BCUT2D eigenvalue weighted by Gasteiger charge is -2.01. The lowest BCUT2D eigenvalue weighted by Crippen LogP contribution is -1.79. The molecule has 2 aromatic carbocycles. The molecule has 3 heteroatoms. The Balaban J connectivity index is 2.24. The number of fused-ring (bicyclic) bond motifs is 1. The van der Waals surface area contributed by atoms with E-state index in [-0.39, 0.29) is 5.75 Å². The molecular formula is C14H10FNO. The van der Waals surface area contributed by atoms with Crippen LogP contribution < -0.4 is 0 Å². The van der Waals surface area contributed by atoms with E-state index in [1.54, 1.807) is 6.07 Å². The normalized spacial score (nSPS) is 10.9. The first kappa shape index (κ1) is 9.90. The minimum absolute atomic E-state index is 0.325. The highest BCUT2D eigenvalue weighted by atomic mass is 19.1. The van der Waals surface area contributed by atoms with Gasteiger partial charge in [-0.1, -0.05) is 24.3 Å². The van der Waals surface area contributed by atoms with E-state index in [1.807, 2.05) is 30.5 Å². The van der Waals surface area contributed by atoms with E-state index in [4.69, 9.17) is 0 Å². The second-order valence-corrected chi connectivity index (χ2v) is 3.91. The number of phenolic OH excluding ortho intramolecular Hbond substituents is 1. The Morgan fingerprint density at radius 2 is 1.88 bits per heavy atom. The summed E-state index contributed by atoms with van der Waals surface area (Å²) in [6.07, 6.45) is 1.84. The quantitative estimate of drug-likeness (QED) is 0.653. The number of para-hydroxylation sites is 1. The van der Waals surface area contributed by atoms with Crippen LogP contribution in [0.2, 0.25) is 0 Å². The Hall–Kier alpha value is -2.29. The number of nitrogens with one attached hydrogen (secondary N) is 1. The molecule has 0 spiro atoms. The lowest BCUT2D eigenvalue weighted by molar-refractivity contribution is 0.432. The van der Waals surface area contributed by atoms with Gasteiger partial charge in [-0.15, -0.1) is 0 Å². The fraction of sp³-hybridized carbons (Fsp3) is 0. The number of aromatic nitrogens is 1. The van der Waals surface area contributed by atoms with Crippen molar-refractivity contribution in [1.82, 2.24) is 4.98 Å². The van der Waals surface area contributed by atoms with Crippen LogP contribution in [0.15, 0.2) is 48.7 Å². The molecule has 2 nitrogen and oxygen atoms in total. The number of benzene rings is 2. The average Bonchev–Trinajstić information content (AvgIpc) is 2.76. The molecule has 0 fully saturated rings. The standard InChI is InChI=1S/C14H10FNO/c15-12-7-9(5-6-14(12)17)11-8-16-13-4-2-1-3-10(11)13/h1-8,16-17H. The first-order valence-corrected chi connectivity index (χ1v) is 5.31. The van der Waals surface area contributed by atoms with Gasteiger partial charge >= 0.3 is 0 Å². The van der Waals surface area contributed by atoms with Gasteiger partial charge in [0.15, 0.2) is 11.6 Å². The zero-order valence-electron chi connectivity index (χ0n) is 8.94. The zero-order valence-corrected chi connectivity index (χ0v) is 8.94. The summed E-state index contributed by atoms with van der Waals surface area (Å²) >= 11 is 0. The fourth-order valence-corrected chi connectivity index (χ4v) is 1.98. The van der Waals surface area contributed by atoms with E-state index in [0.717, 1.165) is 22.0 Å². The van der Waals surface area contributed by atoms with Gasteiger partial charge in [0, 0.05) is 22.7 Å². The third kappa shape index (κ3) is 1.56. The van der Waals surface area contributed by atoms with E-state index in [2.05, 4.69) is 4.98 Å². The topological polar surface area (TPSA) is 36.0 Å². The Bertz CT molecular complexity index is 688. The number of halogens is 1. The number of H-pyrrole nitrogens is 1. The van der Waals surface area contributed by atoms with Crippen molar-refractivity contribution in [3.05, 3.63) is 54.5 Å². The van der Waals surface area contributed by atoms with Crippen LogP contribution in [0, 0.1) is 5.82 Å². The number of hydrogen-bond donors (Lipinski definition) is 2. The summed E-state index contributed by atoms with van der Waals surface area (Å²) in [5, 5.41) is 10.2. The number of aromatic amines is 1. The maximum absolute atomic E-state index is 13.3. The van der Waals surface area contributed by atoms with Crippen molar-refractivity contribution in [3.8, 4) is 16.9 Å². The molecule has 0 unspecified atom stereocenters. The van der Waals surface area contributed by atoms with Crippen molar-refractivity contribution >= 4 is 10.9 Å². The molecule has 0 radical (unpaired) electrons. The molecule has 1 heterocycles. The fourth-order valence-electron chi connectivity index (χ4n) is 1.98. The monoisotopic (exact) mass is 227 g/mol. The lowest BCUT2D eigenvalue weighted by atomic mass is 10.0. The summed E-state index contributed by atoms with van der Waals surface area (Å²) in [7, 11) is 0. The van der Waals surface area contributed by atoms with Gasteiger partial charge in [0.2, 0.25) is 0 Å². The number of rotatable bonds is 1. The van der Waals surface area contributed by atoms with Crippen LogP contribution in [0.4, 0.5) is 4.39 Å². The molecule has 1 aromatic heterocycles. The van der Waals surface area contributed by atoms with Crippen LogP contribution in [0.3, 0.4) is 0 Å². The molecule has 0 aliphatic rings. The van der Waals surface area contributed by atoms with E-state index < -0.39 is 5.82 Å². The Morgan fingerprint density at radius 1 is 1.06 bits per heavy atom. The van der Waals surface area contributed by atoms with Crippen LogP contribution >= 0.6 is 0 Å². The van der Waals surface area contributed by atoms with Crippen LogP contribution in [0.5, 0.6) is 5.75 Å². The predicted octanol–water partition coefficient (Wildman–Crippen LogP) is 3.68. The van der Waals surface area contributed by atoms with Crippen LogP contribution in [-0.2, 0) is 0 Å². The maximum atomic E-state index is 13.3. The average molecular weight is 227 g/mol. The number of hydrogen-bond acceptors (Lipinski definition) is 1. The minimum atomic E-state index is -0.604. The second kappa shape index (κ2) is 3.63. The number of phenols is 1. The molecule has 0 bridgehead atoms. The van der Waals surface area contributed by atoms with Gasteiger partial charge < -0.3 is 10.1 Å². The van der Waals surface area contributed by atoms with E-state index >= 15 is 0 Å². The Labute approximate surface area is 97.3 Å². The summed E-state index contributed by atoms with van der Waals surface area (Å²) in [5.74, 6) is -0.929. The Kier molecular flexibility index (Phi) is 2.11. The largest absolute Gasteiger partial charge is 0.505 e. The van der Waals surface area contributed by atoms with Crippen molar-refractivity contribution in [3.63, 3.8) is 0 Å². The third-order valence-corrected chi connectivity index (χ3v) is 2.85. The summed E-state index contributed by atoms with van der Waals surface area (Å²) < 4.78 is 13.3. The molecular weight excluding hydrogens is 217 g/mol. The highest BCUT2D eigenvalue weighted by Gasteiger charge is 2.08. The van der Waals surface area contributed by atoms with Gasteiger partial charge in [0.1, 0.15) is 0 Å². The van der Waals surface area contributed by atoms with Crippen molar-refractivity contribution in [2.24, 2.45) is 0 Å². The van der Waals surface area contributed by atoms with E-state index in [0.29, 0.717) is 0 Å². The van der Waals surface area contributed by atoms with Crippen LogP contribution in [-0.4, -0.2) is 10.1 Å². The van der Waals surface area contributed by atoms with Crippen molar-refractivity contribution < 1.29 is 9.50 Å². The third-order valence-electron chi connectivity index (χ3n) is 2.85. The number of aromatic hydroxyl groups is 1. The zero-order chi connectivity index (χ0) is 11.8. The minimum Gasteiger partial charge on any atom is -0.505 e.